The maximum atomic E-state index is 13.9. The minimum absolute atomic E-state index is 0.0138. The van der Waals surface area contributed by atoms with Gasteiger partial charge in [-0.05, 0) is 35.4 Å². The average Bonchev–Trinajstić information content (AvgIpc) is 2.89. The number of carbonyl (C=O) groups is 2. The molecule has 2 aromatic rings. The van der Waals surface area contributed by atoms with Crippen molar-refractivity contribution in [1.29, 1.82) is 0 Å². The Labute approximate surface area is 208 Å². The lowest BCUT2D eigenvalue weighted by Crippen LogP contribution is -2.59. The number of sulfone groups is 1. The summed E-state index contributed by atoms with van der Waals surface area (Å²) in [6, 6.07) is 10.2. The summed E-state index contributed by atoms with van der Waals surface area (Å²) in [7, 11) is 2.83. The molecule has 2 atom stereocenters. The molecule has 0 saturated carbocycles. The van der Waals surface area contributed by atoms with Gasteiger partial charge in [0.25, 0.3) is 0 Å². The molecule has 4 rings (SSSR count). The van der Waals surface area contributed by atoms with Gasteiger partial charge in [-0.1, -0.05) is 18.2 Å². The predicted octanol–water partition coefficient (Wildman–Crippen LogP) is 1.73. The smallest absolute Gasteiger partial charge is 0.331 e. The molecule has 2 unspecified atom stereocenters. The van der Waals surface area contributed by atoms with Crippen LogP contribution in [-0.4, -0.2) is 77.6 Å². The number of nitrogens with zero attached hydrogens (tertiary/aromatic N) is 3. The number of urea groups is 1. The summed E-state index contributed by atoms with van der Waals surface area (Å²) in [6.07, 6.45) is -1.39. The molecule has 2 aliphatic heterocycles. The van der Waals surface area contributed by atoms with Crippen LogP contribution in [0.25, 0.3) is 5.57 Å². The third-order valence-corrected chi connectivity index (χ3v) is 8.10. The van der Waals surface area contributed by atoms with Gasteiger partial charge in [-0.3, -0.25) is 14.6 Å². The number of amides is 3. The Morgan fingerprint density at radius 1 is 0.917 bits per heavy atom. The number of imide groups is 1. The van der Waals surface area contributed by atoms with Crippen LogP contribution in [0, 0.1) is 5.92 Å². The topological polar surface area (TPSA) is 141 Å². The van der Waals surface area contributed by atoms with Crippen LogP contribution in [0.15, 0.2) is 57.3 Å². The van der Waals surface area contributed by atoms with Crippen molar-refractivity contribution in [2.75, 3.05) is 35.4 Å². The van der Waals surface area contributed by atoms with Crippen LogP contribution in [0.4, 0.5) is 4.79 Å². The van der Waals surface area contributed by atoms with Crippen LogP contribution in [0.2, 0.25) is 0 Å². The molecule has 2 aromatic carbocycles. The number of ether oxygens (including phenoxy) is 3. The molecule has 11 nitrogen and oxygen atoms in total. The van der Waals surface area contributed by atoms with Crippen molar-refractivity contribution in [3.8, 4) is 17.2 Å². The molecule has 0 radical (unpaired) electrons. The fraction of sp³-hybridized carbons (Fsp3) is 0.292. The van der Waals surface area contributed by atoms with Crippen molar-refractivity contribution in [2.45, 2.75) is 11.1 Å². The van der Waals surface area contributed by atoms with Crippen molar-refractivity contribution in [2.24, 2.45) is 16.6 Å². The zero-order valence-electron chi connectivity index (χ0n) is 20.4. The minimum Gasteiger partial charge on any atom is -0.493 e. The summed E-state index contributed by atoms with van der Waals surface area (Å²) < 4.78 is 44.2. The summed E-state index contributed by atoms with van der Waals surface area (Å²) in [5.74, 6) is -1.05. The predicted molar refractivity (Wildman–Crippen MR) is 131 cm³/mol. The highest BCUT2D eigenvalue weighted by Gasteiger charge is 2.49. The number of amidine groups is 1. The number of hydrogen-bond donors (Lipinski definition) is 1. The molecule has 190 valence electrons. The van der Waals surface area contributed by atoms with E-state index < -0.39 is 33.9 Å². The first kappa shape index (κ1) is 25.2. The summed E-state index contributed by atoms with van der Waals surface area (Å²) in [4.78, 5) is 32.3. The first-order valence-electron chi connectivity index (χ1n) is 10.8. The third kappa shape index (κ3) is 3.78. The van der Waals surface area contributed by atoms with E-state index in [-0.39, 0.29) is 44.0 Å². The van der Waals surface area contributed by atoms with Gasteiger partial charge < -0.3 is 19.9 Å². The van der Waals surface area contributed by atoms with E-state index in [1.165, 1.54) is 64.6 Å². The van der Waals surface area contributed by atoms with Gasteiger partial charge in [0.2, 0.25) is 21.5 Å². The summed E-state index contributed by atoms with van der Waals surface area (Å²) in [6.45, 7) is 0. The van der Waals surface area contributed by atoms with Crippen molar-refractivity contribution < 1.29 is 32.2 Å². The van der Waals surface area contributed by atoms with E-state index in [4.69, 9.17) is 19.9 Å². The molecule has 3 amide bonds. The second-order valence-corrected chi connectivity index (χ2v) is 10.0. The Kier molecular flexibility index (Phi) is 6.50. The van der Waals surface area contributed by atoms with Gasteiger partial charge in [-0.15, -0.1) is 0 Å². The van der Waals surface area contributed by atoms with Crippen molar-refractivity contribution in [1.82, 2.24) is 9.80 Å². The highest BCUT2D eigenvalue weighted by Crippen LogP contribution is 2.46. The Balaban J connectivity index is 2.11. The van der Waals surface area contributed by atoms with Crippen LogP contribution in [0.1, 0.15) is 5.56 Å². The lowest BCUT2D eigenvalue weighted by atomic mass is 9.85. The Bertz CT molecular complexity index is 1380. The number of benzene rings is 2. The van der Waals surface area contributed by atoms with Gasteiger partial charge in [0.1, 0.15) is 17.9 Å². The molecule has 2 heterocycles. The van der Waals surface area contributed by atoms with E-state index in [2.05, 4.69) is 4.99 Å². The highest BCUT2D eigenvalue weighted by molar-refractivity contribution is 7.95. The minimum atomic E-state index is -4.23. The molecule has 12 heteroatoms. The molecular weight excluding hydrogens is 488 g/mol. The first-order chi connectivity index (χ1) is 17.1. The molecule has 36 heavy (non-hydrogen) atoms. The summed E-state index contributed by atoms with van der Waals surface area (Å²) in [5.41, 5.74) is 6.71. The number of rotatable bonds is 6. The molecule has 0 aromatic heterocycles. The van der Waals surface area contributed by atoms with Gasteiger partial charge in [-0.2, -0.15) is 0 Å². The number of hydrogen-bond acceptors (Lipinski definition) is 9. The van der Waals surface area contributed by atoms with E-state index in [1.54, 1.807) is 18.2 Å². The number of methoxy groups -OCH3 is 3. The Morgan fingerprint density at radius 2 is 1.50 bits per heavy atom. The van der Waals surface area contributed by atoms with Gasteiger partial charge in [0.15, 0.2) is 11.5 Å². The fourth-order valence-corrected chi connectivity index (χ4v) is 6.07. The first-order valence-corrected chi connectivity index (χ1v) is 12.3. The molecule has 1 fully saturated rings. The van der Waals surface area contributed by atoms with Crippen molar-refractivity contribution >= 4 is 33.2 Å². The van der Waals surface area contributed by atoms with Crippen molar-refractivity contribution in [3.05, 3.63) is 52.9 Å². The number of dihydropyridines is 1. The zero-order valence-corrected chi connectivity index (χ0v) is 21.2. The van der Waals surface area contributed by atoms with Crippen LogP contribution < -0.4 is 19.9 Å². The van der Waals surface area contributed by atoms with Gasteiger partial charge >= 0.3 is 6.03 Å². The number of carbonyl (C=O) groups excluding carboxylic acids is 2. The second-order valence-electron chi connectivity index (χ2n) is 8.11. The lowest BCUT2D eigenvalue weighted by molar-refractivity contribution is -0.129. The molecule has 2 aliphatic rings. The van der Waals surface area contributed by atoms with E-state index in [9.17, 15) is 18.0 Å². The third-order valence-electron chi connectivity index (χ3n) is 6.17. The van der Waals surface area contributed by atoms with Crippen molar-refractivity contribution in [3.63, 3.8) is 0 Å². The normalized spacial score (nSPS) is 20.2. The molecular formula is C24H26N4O7S. The molecule has 0 spiro atoms. The number of fused-ring (bicyclic) bond motifs is 1. The Morgan fingerprint density at radius 3 is 2.03 bits per heavy atom. The maximum absolute atomic E-state index is 13.9. The fourth-order valence-electron chi connectivity index (χ4n) is 4.41. The summed E-state index contributed by atoms with van der Waals surface area (Å²) >= 11 is 0. The molecule has 2 N–H and O–H groups in total. The molecule has 1 saturated heterocycles. The van der Waals surface area contributed by atoms with Gasteiger partial charge in [-0.25, -0.2) is 18.2 Å². The van der Waals surface area contributed by atoms with Gasteiger partial charge in [0, 0.05) is 14.1 Å². The zero-order chi connectivity index (χ0) is 26.4. The Hall–Kier alpha value is -3.90. The van der Waals surface area contributed by atoms with Gasteiger partial charge in [0.05, 0.1) is 31.1 Å². The SMILES string of the molecule is COc1cc(C2=C(S(=O)(=O)c3ccccc3)C(N)N=C3C2C(=O)N(C)C(=O)N3C)cc(OC)c1OC. The number of aliphatic imine (C=N–C) groups is 1. The van der Waals surface area contributed by atoms with E-state index in [1.807, 2.05) is 0 Å². The molecule has 0 aliphatic carbocycles. The maximum Gasteiger partial charge on any atom is 0.331 e. The van der Waals surface area contributed by atoms with Crippen LogP contribution >= 0.6 is 0 Å². The number of nitrogens with two attached hydrogens (primary N) is 1. The average molecular weight is 515 g/mol. The second kappa shape index (κ2) is 9.28. The lowest BCUT2D eigenvalue weighted by Gasteiger charge is -2.40. The summed E-state index contributed by atoms with van der Waals surface area (Å²) in [5, 5.41) is 0. The molecule has 0 bridgehead atoms. The van der Waals surface area contributed by atoms with E-state index >= 15 is 0 Å². The highest BCUT2D eigenvalue weighted by atomic mass is 32.2. The van der Waals surface area contributed by atoms with Crippen LogP contribution in [0.5, 0.6) is 17.2 Å². The monoisotopic (exact) mass is 514 g/mol. The largest absolute Gasteiger partial charge is 0.493 e. The van der Waals surface area contributed by atoms with E-state index in [0.717, 1.165) is 4.90 Å². The quantitative estimate of drug-likeness (QED) is 0.615. The standard InChI is InChI=1S/C24H26N4O7S/c1-27-22-18(23(29)28(2)24(27)30)17(13-11-15(33-3)19(35-5)16(12-13)34-4)20(21(25)26-22)36(31,32)14-9-7-6-8-10-14/h6-12,18,21H,25H2,1-5H3. The van der Waals surface area contributed by atoms with Crippen LogP contribution in [-0.2, 0) is 14.6 Å². The van der Waals surface area contributed by atoms with E-state index in [0.29, 0.717) is 0 Å². The van der Waals surface area contributed by atoms with Crippen LogP contribution in [0.3, 0.4) is 0 Å².